The lowest BCUT2D eigenvalue weighted by atomic mass is 10.0. The average molecular weight is 322 g/mol. The number of aliphatic hydroxyl groups is 1. The largest absolute Gasteiger partial charge is 0.490 e. The Balaban J connectivity index is 2.06. The number of hydrogen-bond donors (Lipinski definition) is 1. The third-order valence-electron chi connectivity index (χ3n) is 4.39. The second-order valence-corrected chi connectivity index (χ2v) is 6.31. The van der Waals surface area contributed by atoms with Gasteiger partial charge in [0, 0.05) is 38.2 Å². The molecule has 2 rings (SSSR count). The number of hydrogen-bond acceptors (Lipinski definition) is 5. The molecule has 0 radical (unpaired) electrons. The van der Waals surface area contributed by atoms with E-state index in [1.165, 1.54) is 5.56 Å². The van der Waals surface area contributed by atoms with Crippen LogP contribution in [-0.2, 0) is 6.54 Å². The van der Waals surface area contributed by atoms with E-state index in [-0.39, 0.29) is 6.61 Å². The van der Waals surface area contributed by atoms with Gasteiger partial charge in [0.1, 0.15) is 0 Å². The van der Waals surface area contributed by atoms with Crippen molar-refractivity contribution in [3.63, 3.8) is 0 Å². The van der Waals surface area contributed by atoms with E-state index in [0.717, 1.165) is 31.1 Å². The van der Waals surface area contributed by atoms with E-state index in [1.807, 2.05) is 19.9 Å². The fourth-order valence-corrected chi connectivity index (χ4v) is 3.29. The molecule has 5 heteroatoms. The molecule has 1 aliphatic heterocycles. The van der Waals surface area contributed by atoms with Gasteiger partial charge in [-0.1, -0.05) is 6.07 Å². The van der Waals surface area contributed by atoms with Crippen LogP contribution >= 0.6 is 0 Å². The van der Waals surface area contributed by atoms with Crippen LogP contribution in [0.2, 0.25) is 0 Å². The van der Waals surface area contributed by atoms with Crippen molar-refractivity contribution in [2.24, 2.45) is 5.92 Å². The fraction of sp³-hybridized carbons (Fsp3) is 0.667. The van der Waals surface area contributed by atoms with Gasteiger partial charge in [0.25, 0.3) is 0 Å². The summed E-state index contributed by atoms with van der Waals surface area (Å²) in [5.41, 5.74) is 1.22. The summed E-state index contributed by atoms with van der Waals surface area (Å²) < 4.78 is 11.3. The third kappa shape index (κ3) is 4.59. The molecule has 1 aromatic carbocycles. The zero-order valence-electron chi connectivity index (χ0n) is 14.8. The van der Waals surface area contributed by atoms with Crippen molar-refractivity contribution in [1.29, 1.82) is 0 Å². The SMILES string of the molecule is CCOc1ccc(CN2C[C@@H](CO)[C@H](N(C)C)C2)cc1OCC. The van der Waals surface area contributed by atoms with Crippen LogP contribution in [0.1, 0.15) is 19.4 Å². The smallest absolute Gasteiger partial charge is 0.161 e. The van der Waals surface area contributed by atoms with Crippen molar-refractivity contribution >= 4 is 0 Å². The van der Waals surface area contributed by atoms with E-state index in [2.05, 4.69) is 36.0 Å². The number of rotatable bonds is 8. The molecule has 0 saturated carbocycles. The van der Waals surface area contributed by atoms with Crippen LogP contribution in [0.5, 0.6) is 11.5 Å². The molecule has 130 valence electrons. The number of aliphatic hydroxyl groups excluding tert-OH is 1. The Labute approximate surface area is 139 Å². The topological polar surface area (TPSA) is 45.2 Å². The Morgan fingerprint density at radius 3 is 2.39 bits per heavy atom. The van der Waals surface area contributed by atoms with Gasteiger partial charge in [-0.3, -0.25) is 4.90 Å². The van der Waals surface area contributed by atoms with Crippen molar-refractivity contribution in [3.8, 4) is 11.5 Å². The quantitative estimate of drug-likeness (QED) is 0.791. The highest BCUT2D eigenvalue weighted by molar-refractivity contribution is 5.43. The highest BCUT2D eigenvalue weighted by Crippen LogP contribution is 2.30. The monoisotopic (exact) mass is 322 g/mol. The molecule has 1 aliphatic rings. The van der Waals surface area contributed by atoms with E-state index in [9.17, 15) is 5.11 Å². The molecule has 0 bridgehead atoms. The molecule has 0 spiro atoms. The maximum absolute atomic E-state index is 9.59. The normalized spacial score (nSPS) is 21.8. The van der Waals surface area contributed by atoms with E-state index >= 15 is 0 Å². The Kier molecular flexibility index (Phi) is 6.69. The van der Waals surface area contributed by atoms with Gasteiger partial charge in [0.05, 0.1) is 13.2 Å². The van der Waals surface area contributed by atoms with E-state index in [1.54, 1.807) is 0 Å². The lowest BCUT2D eigenvalue weighted by Crippen LogP contribution is -2.36. The molecule has 1 aromatic rings. The van der Waals surface area contributed by atoms with Gasteiger partial charge in [0.2, 0.25) is 0 Å². The summed E-state index contributed by atoms with van der Waals surface area (Å²) in [5, 5.41) is 9.59. The zero-order valence-corrected chi connectivity index (χ0v) is 14.8. The van der Waals surface area contributed by atoms with Gasteiger partial charge in [0.15, 0.2) is 11.5 Å². The maximum atomic E-state index is 9.59. The first-order valence-corrected chi connectivity index (χ1v) is 8.47. The third-order valence-corrected chi connectivity index (χ3v) is 4.39. The molecule has 0 aliphatic carbocycles. The van der Waals surface area contributed by atoms with Gasteiger partial charge >= 0.3 is 0 Å². The standard InChI is InChI=1S/C18H30N2O3/c1-5-22-17-8-7-14(9-18(17)23-6-2)10-20-11-15(13-21)16(12-20)19(3)4/h7-9,15-16,21H,5-6,10-13H2,1-4H3/t15-,16+/m0/s1. The van der Waals surface area contributed by atoms with Crippen LogP contribution in [0.4, 0.5) is 0 Å². The molecular weight excluding hydrogens is 292 g/mol. The van der Waals surface area contributed by atoms with Crippen LogP contribution in [0.25, 0.3) is 0 Å². The molecule has 0 unspecified atom stereocenters. The lowest BCUT2D eigenvalue weighted by molar-refractivity contribution is 0.167. The van der Waals surface area contributed by atoms with Gasteiger partial charge < -0.3 is 19.5 Å². The summed E-state index contributed by atoms with van der Waals surface area (Å²) in [6.45, 7) is 8.24. The molecule has 5 nitrogen and oxygen atoms in total. The fourth-order valence-electron chi connectivity index (χ4n) is 3.29. The summed E-state index contributed by atoms with van der Waals surface area (Å²) >= 11 is 0. The van der Waals surface area contributed by atoms with Crippen LogP contribution in [0.3, 0.4) is 0 Å². The molecule has 1 N–H and O–H groups in total. The number of benzene rings is 1. The predicted molar refractivity (Wildman–Crippen MR) is 92.1 cm³/mol. The van der Waals surface area contributed by atoms with Crippen LogP contribution in [-0.4, -0.2) is 68.0 Å². The Bertz CT molecular complexity index is 493. The molecule has 0 amide bonds. The number of likely N-dealkylation sites (N-methyl/N-ethyl adjacent to an activating group) is 1. The number of nitrogens with zero attached hydrogens (tertiary/aromatic N) is 2. The predicted octanol–water partition coefficient (Wildman–Crippen LogP) is 1.84. The van der Waals surface area contributed by atoms with Crippen molar-refractivity contribution in [2.75, 3.05) is 47.0 Å². The Hall–Kier alpha value is -1.30. The highest BCUT2D eigenvalue weighted by atomic mass is 16.5. The van der Waals surface area contributed by atoms with Crippen LogP contribution in [0, 0.1) is 5.92 Å². The molecule has 1 heterocycles. The van der Waals surface area contributed by atoms with Crippen molar-refractivity contribution in [2.45, 2.75) is 26.4 Å². The van der Waals surface area contributed by atoms with Gasteiger partial charge in [-0.25, -0.2) is 0 Å². The molecule has 1 fully saturated rings. The van der Waals surface area contributed by atoms with Crippen molar-refractivity contribution < 1.29 is 14.6 Å². The molecule has 0 aromatic heterocycles. The molecule has 2 atom stereocenters. The summed E-state index contributed by atoms with van der Waals surface area (Å²) in [7, 11) is 4.17. The van der Waals surface area contributed by atoms with Crippen molar-refractivity contribution in [1.82, 2.24) is 9.80 Å². The molecule has 1 saturated heterocycles. The van der Waals surface area contributed by atoms with Gasteiger partial charge in [-0.05, 0) is 45.6 Å². The summed E-state index contributed by atoms with van der Waals surface area (Å²) in [6.07, 6.45) is 0. The van der Waals surface area contributed by atoms with Crippen molar-refractivity contribution in [3.05, 3.63) is 23.8 Å². The second-order valence-electron chi connectivity index (χ2n) is 6.31. The Morgan fingerprint density at radius 1 is 1.13 bits per heavy atom. The summed E-state index contributed by atoms with van der Waals surface area (Å²) in [5.74, 6) is 1.94. The number of likely N-dealkylation sites (tertiary alicyclic amines) is 1. The second kappa shape index (κ2) is 8.52. The number of ether oxygens (including phenoxy) is 2. The van der Waals surface area contributed by atoms with E-state index in [0.29, 0.717) is 25.2 Å². The van der Waals surface area contributed by atoms with Gasteiger partial charge in [-0.2, -0.15) is 0 Å². The van der Waals surface area contributed by atoms with Crippen LogP contribution in [0.15, 0.2) is 18.2 Å². The highest BCUT2D eigenvalue weighted by Gasteiger charge is 2.33. The molecular formula is C18H30N2O3. The summed E-state index contributed by atoms with van der Waals surface area (Å²) in [6, 6.07) is 6.58. The van der Waals surface area contributed by atoms with Crippen LogP contribution < -0.4 is 9.47 Å². The van der Waals surface area contributed by atoms with E-state index in [4.69, 9.17) is 9.47 Å². The van der Waals surface area contributed by atoms with Gasteiger partial charge in [-0.15, -0.1) is 0 Å². The summed E-state index contributed by atoms with van der Waals surface area (Å²) in [4.78, 5) is 4.61. The molecule has 23 heavy (non-hydrogen) atoms. The maximum Gasteiger partial charge on any atom is 0.161 e. The first kappa shape index (κ1) is 18.0. The lowest BCUT2D eigenvalue weighted by Gasteiger charge is -2.23. The zero-order chi connectivity index (χ0) is 16.8. The van der Waals surface area contributed by atoms with E-state index < -0.39 is 0 Å². The Morgan fingerprint density at radius 2 is 1.83 bits per heavy atom. The first-order chi connectivity index (χ1) is 11.1. The first-order valence-electron chi connectivity index (χ1n) is 8.47. The minimum atomic E-state index is 0.243. The minimum absolute atomic E-state index is 0.243. The minimum Gasteiger partial charge on any atom is -0.490 e. The average Bonchev–Trinajstić information content (AvgIpc) is 2.93.